The molecule has 0 spiro atoms. The molecule has 19 heavy (non-hydrogen) atoms. The zero-order chi connectivity index (χ0) is 13.9. The summed E-state index contributed by atoms with van der Waals surface area (Å²) < 4.78 is 0. The zero-order valence-electron chi connectivity index (χ0n) is 11.6. The smallest absolute Gasteiger partial charge is 0.220 e. The maximum absolute atomic E-state index is 11.7. The van der Waals surface area contributed by atoms with E-state index < -0.39 is 0 Å². The zero-order valence-corrected chi connectivity index (χ0v) is 11.6. The Morgan fingerprint density at radius 3 is 2.89 bits per heavy atom. The summed E-state index contributed by atoms with van der Waals surface area (Å²) in [6, 6.07) is 3.66. The van der Waals surface area contributed by atoms with Crippen LogP contribution >= 0.6 is 0 Å². The number of nitrogens with zero attached hydrogens (tertiary/aromatic N) is 2. The molecule has 3 N–H and O–H groups in total. The van der Waals surface area contributed by atoms with Gasteiger partial charge in [0.15, 0.2) is 0 Å². The average molecular weight is 264 g/mol. The minimum atomic E-state index is 0.0729. The van der Waals surface area contributed by atoms with Gasteiger partial charge in [-0.1, -0.05) is 19.8 Å². The fourth-order valence-electron chi connectivity index (χ4n) is 2.12. The molecule has 0 fully saturated rings. The van der Waals surface area contributed by atoms with E-state index in [0.717, 1.165) is 31.4 Å². The summed E-state index contributed by atoms with van der Waals surface area (Å²) in [7, 11) is 0. The predicted octanol–water partition coefficient (Wildman–Crippen LogP) is 1.64. The van der Waals surface area contributed by atoms with Crippen LogP contribution in [0.5, 0.6) is 0 Å². The number of aromatic nitrogens is 2. The third-order valence-corrected chi connectivity index (χ3v) is 3.15. The van der Waals surface area contributed by atoms with Crippen LogP contribution in [0.15, 0.2) is 18.3 Å². The minimum Gasteiger partial charge on any atom is -0.350 e. The standard InChI is InChI=1S/C14H24N4O/c1-2-4-12(8-9-15)6-7-14(19)16-11-13-5-3-10-17-18-13/h3,5,10,12H,2,4,6-9,11,15H2,1H3,(H,16,19). The van der Waals surface area contributed by atoms with Crippen LogP contribution in [0.4, 0.5) is 0 Å². The summed E-state index contributed by atoms with van der Waals surface area (Å²) >= 11 is 0. The van der Waals surface area contributed by atoms with E-state index in [1.807, 2.05) is 12.1 Å². The molecule has 5 heteroatoms. The van der Waals surface area contributed by atoms with Gasteiger partial charge in [-0.25, -0.2) is 0 Å². The quantitative estimate of drug-likeness (QED) is 0.710. The maximum atomic E-state index is 11.7. The van der Waals surface area contributed by atoms with E-state index in [1.165, 1.54) is 0 Å². The molecule has 5 nitrogen and oxygen atoms in total. The first kappa shape index (κ1) is 15.6. The highest BCUT2D eigenvalue weighted by atomic mass is 16.1. The number of hydrogen-bond donors (Lipinski definition) is 2. The molecule has 0 saturated carbocycles. The van der Waals surface area contributed by atoms with Gasteiger partial charge in [0.1, 0.15) is 0 Å². The van der Waals surface area contributed by atoms with Crippen molar-refractivity contribution in [2.75, 3.05) is 6.54 Å². The fourth-order valence-corrected chi connectivity index (χ4v) is 2.12. The first-order valence-corrected chi connectivity index (χ1v) is 6.99. The summed E-state index contributed by atoms with van der Waals surface area (Å²) in [5, 5.41) is 10.6. The second-order valence-corrected chi connectivity index (χ2v) is 4.76. The van der Waals surface area contributed by atoms with Crippen LogP contribution in [-0.2, 0) is 11.3 Å². The van der Waals surface area contributed by atoms with Crippen molar-refractivity contribution in [1.29, 1.82) is 0 Å². The summed E-state index contributed by atoms with van der Waals surface area (Å²) in [5.74, 6) is 0.640. The Labute approximate surface area is 115 Å². The highest BCUT2D eigenvalue weighted by Crippen LogP contribution is 2.16. The molecule has 0 aliphatic rings. The van der Waals surface area contributed by atoms with Crippen molar-refractivity contribution >= 4 is 5.91 Å². The Balaban J connectivity index is 2.23. The molecular formula is C14H24N4O. The SMILES string of the molecule is CCCC(CCN)CCC(=O)NCc1cccnn1. The number of amides is 1. The number of rotatable bonds is 9. The number of hydrogen-bond acceptors (Lipinski definition) is 4. The van der Waals surface area contributed by atoms with Crippen molar-refractivity contribution < 1.29 is 4.79 Å². The Morgan fingerprint density at radius 2 is 2.26 bits per heavy atom. The summed E-state index contributed by atoms with van der Waals surface area (Å²) in [6.07, 6.45) is 6.39. The first-order chi connectivity index (χ1) is 9.26. The monoisotopic (exact) mass is 264 g/mol. The second kappa shape index (κ2) is 9.44. The lowest BCUT2D eigenvalue weighted by atomic mass is 9.94. The summed E-state index contributed by atoms with van der Waals surface area (Å²) in [5.41, 5.74) is 6.37. The molecule has 1 unspecified atom stereocenters. The molecule has 0 aromatic carbocycles. The Hall–Kier alpha value is -1.49. The van der Waals surface area contributed by atoms with E-state index >= 15 is 0 Å². The van der Waals surface area contributed by atoms with E-state index in [1.54, 1.807) is 6.20 Å². The number of carbonyl (C=O) groups is 1. The normalized spacial score (nSPS) is 12.1. The largest absolute Gasteiger partial charge is 0.350 e. The molecule has 0 radical (unpaired) electrons. The third kappa shape index (κ3) is 6.86. The highest BCUT2D eigenvalue weighted by Gasteiger charge is 2.10. The average Bonchev–Trinajstić information content (AvgIpc) is 2.44. The topological polar surface area (TPSA) is 80.9 Å². The molecule has 106 valence electrons. The van der Waals surface area contributed by atoms with Crippen LogP contribution in [0.25, 0.3) is 0 Å². The molecule has 0 bridgehead atoms. The van der Waals surface area contributed by atoms with Crippen molar-refractivity contribution in [2.45, 2.75) is 45.6 Å². The molecule has 1 atom stereocenters. The molecule has 1 heterocycles. The molecule has 0 aliphatic heterocycles. The van der Waals surface area contributed by atoms with Crippen molar-refractivity contribution in [3.05, 3.63) is 24.0 Å². The lowest BCUT2D eigenvalue weighted by Crippen LogP contribution is -2.24. The fraction of sp³-hybridized carbons (Fsp3) is 0.643. The van der Waals surface area contributed by atoms with Gasteiger partial charge in [-0.2, -0.15) is 10.2 Å². The van der Waals surface area contributed by atoms with Gasteiger partial charge in [-0.3, -0.25) is 4.79 Å². The number of carbonyl (C=O) groups excluding carboxylic acids is 1. The molecule has 1 aromatic heterocycles. The molecule has 1 rings (SSSR count). The molecular weight excluding hydrogens is 240 g/mol. The molecule has 0 saturated heterocycles. The Bertz CT molecular complexity index is 350. The maximum Gasteiger partial charge on any atom is 0.220 e. The lowest BCUT2D eigenvalue weighted by molar-refractivity contribution is -0.121. The van der Waals surface area contributed by atoms with Crippen LogP contribution in [0.1, 0.15) is 44.7 Å². The van der Waals surface area contributed by atoms with Crippen LogP contribution in [0.2, 0.25) is 0 Å². The number of nitrogens with two attached hydrogens (primary N) is 1. The van der Waals surface area contributed by atoms with Crippen molar-refractivity contribution in [1.82, 2.24) is 15.5 Å². The van der Waals surface area contributed by atoms with E-state index in [0.29, 0.717) is 25.4 Å². The van der Waals surface area contributed by atoms with Crippen LogP contribution in [-0.4, -0.2) is 22.6 Å². The van der Waals surface area contributed by atoms with Gasteiger partial charge in [0.2, 0.25) is 5.91 Å². The van der Waals surface area contributed by atoms with Crippen LogP contribution in [0, 0.1) is 5.92 Å². The Morgan fingerprint density at radius 1 is 1.42 bits per heavy atom. The molecule has 1 amide bonds. The van der Waals surface area contributed by atoms with Gasteiger partial charge in [0.05, 0.1) is 12.2 Å². The van der Waals surface area contributed by atoms with Gasteiger partial charge in [0.25, 0.3) is 0 Å². The van der Waals surface area contributed by atoms with E-state index in [2.05, 4.69) is 22.4 Å². The van der Waals surface area contributed by atoms with Crippen molar-refractivity contribution in [3.63, 3.8) is 0 Å². The summed E-state index contributed by atoms with van der Waals surface area (Å²) in [6.45, 7) is 3.31. The van der Waals surface area contributed by atoms with E-state index in [9.17, 15) is 4.79 Å². The van der Waals surface area contributed by atoms with Gasteiger partial charge in [-0.05, 0) is 37.4 Å². The second-order valence-electron chi connectivity index (χ2n) is 4.76. The van der Waals surface area contributed by atoms with Gasteiger partial charge in [-0.15, -0.1) is 0 Å². The lowest BCUT2D eigenvalue weighted by Gasteiger charge is -2.14. The van der Waals surface area contributed by atoms with Crippen LogP contribution in [0.3, 0.4) is 0 Å². The van der Waals surface area contributed by atoms with Crippen molar-refractivity contribution in [2.24, 2.45) is 11.7 Å². The summed E-state index contributed by atoms with van der Waals surface area (Å²) in [4.78, 5) is 11.7. The van der Waals surface area contributed by atoms with Gasteiger partial charge < -0.3 is 11.1 Å². The minimum absolute atomic E-state index is 0.0729. The molecule has 0 aliphatic carbocycles. The van der Waals surface area contributed by atoms with Crippen LogP contribution < -0.4 is 11.1 Å². The molecule has 1 aromatic rings. The predicted molar refractivity (Wildman–Crippen MR) is 75.2 cm³/mol. The third-order valence-electron chi connectivity index (χ3n) is 3.15. The highest BCUT2D eigenvalue weighted by molar-refractivity contribution is 5.75. The van der Waals surface area contributed by atoms with E-state index in [4.69, 9.17) is 5.73 Å². The first-order valence-electron chi connectivity index (χ1n) is 6.99. The van der Waals surface area contributed by atoms with E-state index in [-0.39, 0.29) is 5.91 Å². The van der Waals surface area contributed by atoms with Gasteiger partial charge >= 0.3 is 0 Å². The van der Waals surface area contributed by atoms with Gasteiger partial charge in [0, 0.05) is 12.6 Å². The number of nitrogens with one attached hydrogen (secondary N) is 1. The Kier molecular flexibility index (Phi) is 7.74. The van der Waals surface area contributed by atoms with Crippen molar-refractivity contribution in [3.8, 4) is 0 Å².